The van der Waals surface area contributed by atoms with Gasteiger partial charge < -0.3 is 15.7 Å². The topological polar surface area (TPSA) is 83.6 Å². The largest absolute Gasteiger partial charge is 0.481 e. The number of carbonyl (C=O) groups excluding carboxylic acids is 1. The van der Waals surface area contributed by atoms with Crippen LogP contribution in [0, 0.1) is 0 Å². The van der Waals surface area contributed by atoms with Crippen molar-refractivity contribution in [3.05, 3.63) is 0 Å². The molecule has 1 unspecified atom stereocenters. The monoisotopic (exact) mass is 268 g/mol. The molecule has 0 radical (unpaired) electrons. The average molecular weight is 268 g/mol. The third kappa shape index (κ3) is 3.12. The Hall–Kier alpha value is -1.31. The summed E-state index contributed by atoms with van der Waals surface area (Å²) in [6, 6.07) is -0.318. The van der Waals surface area contributed by atoms with Crippen LogP contribution >= 0.6 is 0 Å². The zero-order chi connectivity index (χ0) is 14.1. The summed E-state index contributed by atoms with van der Waals surface area (Å²) in [5.74, 6) is -2.43. The molecule has 1 aliphatic rings. The molecule has 0 saturated heterocycles. The standard InChI is InChI=1S/C10H15F3N2O3/c1-9(14,10(11,12)13)8(18)15(6-2-3-6)5-4-7(16)17/h6H,2-5,14H2,1H3,(H,16,17). The van der Waals surface area contributed by atoms with Gasteiger partial charge in [-0.25, -0.2) is 0 Å². The predicted molar refractivity (Wildman–Crippen MR) is 55.6 cm³/mol. The summed E-state index contributed by atoms with van der Waals surface area (Å²) in [5.41, 5.74) is 2.07. The molecule has 5 nitrogen and oxygen atoms in total. The van der Waals surface area contributed by atoms with Gasteiger partial charge in [-0.05, 0) is 19.8 Å². The molecule has 0 heterocycles. The smallest absolute Gasteiger partial charge is 0.415 e. The van der Waals surface area contributed by atoms with Gasteiger partial charge in [0.05, 0.1) is 6.42 Å². The fraction of sp³-hybridized carbons (Fsp3) is 0.800. The molecule has 1 aliphatic carbocycles. The number of hydrogen-bond donors (Lipinski definition) is 2. The lowest BCUT2D eigenvalue weighted by molar-refractivity contribution is -0.194. The van der Waals surface area contributed by atoms with E-state index in [0.717, 1.165) is 4.90 Å². The maximum Gasteiger partial charge on any atom is 0.415 e. The molecule has 8 heteroatoms. The minimum atomic E-state index is -4.86. The van der Waals surface area contributed by atoms with Crippen LogP contribution in [0.2, 0.25) is 0 Å². The first-order valence-electron chi connectivity index (χ1n) is 5.46. The molecule has 0 spiro atoms. The molecule has 1 atom stereocenters. The second-order valence-corrected chi connectivity index (χ2v) is 4.57. The number of nitrogens with two attached hydrogens (primary N) is 1. The van der Waals surface area contributed by atoms with Crippen molar-refractivity contribution in [3.63, 3.8) is 0 Å². The molecular weight excluding hydrogens is 253 g/mol. The Kier molecular flexibility index (Phi) is 3.89. The quantitative estimate of drug-likeness (QED) is 0.770. The molecule has 1 fully saturated rings. The van der Waals surface area contributed by atoms with E-state index in [4.69, 9.17) is 10.8 Å². The molecule has 3 N–H and O–H groups in total. The molecule has 1 amide bonds. The van der Waals surface area contributed by atoms with E-state index >= 15 is 0 Å². The van der Waals surface area contributed by atoms with Gasteiger partial charge in [0, 0.05) is 12.6 Å². The molecule has 104 valence electrons. The van der Waals surface area contributed by atoms with Gasteiger partial charge >= 0.3 is 12.1 Å². The summed E-state index contributed by atoms with van der Waals surface area (Å²) in [5, 5.41) is 8.52. The van der Waals surface area contributed by atoms with E-state index in [1.54, 1.807) is 0 Å². The molecule has 18 heavy (non-hydrogen) atoms. The highest BCUT2D eigenvalue weighted by molar-refractivity contribution is 5.87. The fourth-order valence-corrected chi connectivity index (χ4v) is 1.47. The Morgan fingerprint density at radius 3 is 2.22 bits per heavy atom. The number of amides is 1. The van der Waals surface area contributed by atoms with Gasteiger partial charge in [0.15, 0.2) is 5.54 Å². The molecule has 0 aliphatic heterocycles. The lowest BCUT2D eigenvalue weighted by atomic mass is 10.0. The van der Waals surface area contributed by atoms with Crippen LogP contribution in [0.1, 0.15) is 26.2 Å². The summed E-state index contributed by atoms with van der Waals surface area (Å²) >= 11 is 0. The summed E-state index contributed by atoms with van der Waals surface area (Å²) in [6.07, 6.45) is -4.09. The van der Waals surface area contributed by atoms with Crippen molar-refractivity contribution in [2.24, 2.45) is 5.73 Å². The van der Waals surface area contributed by atoms with Gasteiger partial charge in [-0.1, -0.05) is 0 Å². The summed E-state index contributed by atoms with van der Waals surface area (Å²) in [6.45, 7) is 0.354. The Labute approximate surface area is 102 Å². The normalized spacial score (nSPS) is 19.2. The first kappa shape index (κ1) is 14.7. The molecule has 0 aromatic rings. The van der Waals surface area contributed by atoms with E-state index in [9.17, 15) is 22.8 Å². The van der Waals surface area contributed by atoms with Crippen molar-refractivity contribution in [2.45, 2.75) is 43.9 Å². The SMILES string of the molecule is CC(N)(C(=O)N(CCC(=O)O)C1CC1)C(F)(F)F. The first-order valence-corrected chi connectivity index (χ1v) is 5.46. The summed E-state index contributed by atoms with van der Waals surface area (Å²) < 4.78 is 37.9. The van der Waals surface area contributed by atoms with Crippen molar-refractivity contribution in [3.8, 4) is 0 Å². The average Bonchev–Trinajstić information content (AvgIpc) is 2.99. The minimum Gasteiger partial charge on any atom is -0.481 e. The highest BCUT2D eigenvalue weighted by atomic mass is 19.4. The van der Waals surface area contributed by atoms with Crippen LogP contribution in [0.25, 0.3) is 0 Å². The minimum absolute atomic E-state index is 0.248. The van der Waals surface area contributed by atoms with Crippen LogP contribution in [-0.4, -0.2) is 46.2 Å². The number of alkyl halides is 3. The van der Waals surface area contributed by atoms with Crippen LogP contribution in [0.15, 0.2) is 0 Å². The second kappa shape index (κ2) is 4.75. The van der Waals surface area contributed by atoms with E-state index in [1.807, 2.05) is 0 Å². The third-order valence-electron chi connectivity index (χ3n) is 2.85. The number of halogens is 3. The van der Waals surface area contributed by atoms with Crippen LogP contribution in [0.5, 0.6) is 0 Å². The van der Waals surface area contributed by atoms with Crippen LogP contribution in [-0.2, 0) is 9.59 Å². The highest BCUT2D eigenvalue weighted by Gasteiger charge is 2.56. The van der Waals surface area contributed by atoms with Gasteiger partial charge in [0.2, 0.25) is 0 Å². The zero-order valence-corrected chi connectivity index (χ0v) is 9.83. The van der Waals surface area contributed by atoms with E-state index in [-0.39, 0.29) is 12.6 Å². The molecule has 0 aromatic heterocycles. The van der Waals surface area contributed by atoms with Gasteiger partial charge in [-0.15, -0.1) is 0 Å². The third-order valence-corrected chi connectivity index (χ3v) is 2.85. The van der Waals surface area contributed by atoms with E-state index in [2.05, 4.69) is 0 Å². The number of nitrogens with zero attached hydrogens (tertiary/aromatic N) is 1. The van der Waals surface area contributed by atoms with Crippen molar-refractivity contribution in [2.75, 3.05) is 6.54 Å². The first-order chi connectivity index (χ1) is 8.07. The molecule has 1 saturated carbocycles. The van der Waals surface area contributed by atoms with Crippen molar-refractivity contribution >= 4 is 11.9 Å². The van der Waals surface area contributed by atoms with Gasteiger partial charge in [-0.3, -0.25) is 9.59 Å². The number of carboxylic acid groups (broad SMARTS) is 1. The van der Waals surface area contributed by atoms with Crippen molar-refractivity contribution in [1.29, 1.82) is 0 Å². The fourth-order valence-electron chi connectivity index (χ4n) is 1.47. The Balaban J connectivity index is 2.79. The van der Waals surface area contributed by atoms with E-state index in [1.165, 1.54) is 0 Å². The maximum atomic E-state index is 12.6. The van der Waals surface area contributed by atoms with Gasteiger partial charge in [0.25, 0.3) is 5.91 Å². The number of carboxylic acids is 1. The second-order valence-electron chi connectivity index (χ2n) is 4.57. The van der Waals surface area contributed by atoms with Gasteiger partial charge in [-0.2, -0.15) is 13.2 Å². The molecule has 1 rings (SSSR count). The summed E-state index contributed by atoms with van der Waals surface area (Å²) in [7, 11) is 0. The number of rotatable bonds is 5. The number of aliphatic carboxylic acids is 1. The summed E-state index contributed by atoms with van der Waals surface area (Å²) in [4.78, 5) is 23.2. The number of carbonyl (C=O) groups is 2. The Morgan fingerprint density at radius 2 is 1.89 bits per heavy atom. The van der Waals surface area contributed by atoms with Crippen molar-refractivity contribution in [1.82, 2.24) is 4.90 Å². The van der Waals surface area contributed by atoms with E-state index in [0.29, 0.717) is 19.8 Å². The lowest BCUT2D eigenvalue weighted by Gasteiger charge is -2.33. The van der Waals surface area contributed by atoms with Crippen LogP contribution in [0.4, 0.5) is 13.2 Å². The van der Waals surface area contributed by atoms with Crippen LogP contribution in [0.3, 0.4) is 0 Å². The van der Waals surface area contributed by atoms with Crippen molar-refractivity contribution < 1.29 is 27.9 Å². The van der Waals surface area contributed by atoms with E-state index < -0.39 is 30.0 Å². The van der Waals surface area contributed by atoms with Gasteiger partial charge in [0.1, 0.15) is 0 Å². The molecule has 0 aromatic carbocycles. The van der Waals surface area contributed by atoms with Crippen LogP contribution < -0.4 is 5.73 Å². The molecular formula is C10H15F3N2O3. The number of hydrogen-bond acceptors (Lipinski definition) is 3. The zero-order valence-electron chi connectivity index (χ0n) is 9.83. The Morgan fingerprint density at radius 1 is 1.39 bits per heavy atom. The highest BCUT2D eigenvalue weighted by Crippen LogP contribution is 2.34. The lowest BCUT2D eigenvalue weighted by Crippen LogP contribution is -2.62. The maximum absolute atomic E-state index is 12.6. The molecule has 0 bridgehead atoms. The predicted octanol–water partition coefficient (Wildman–Crippen LogP) is 0.732. The Bertz CT molecular complexity index is 351.